The van der Waals surface area contributed by atoms with Gasteiger partial charge < -0.3 is 5.32 Å². The molecule has 0 atom stereocenters. The van der Waals surface area contributed by atoms with Gasteiger partial charge in [-0.3, -0.25) is 4.98 Å². The van der Waals surface area contributed by atoms with Crippen LogP contribution in [0.1, 0.15) is 0 Å². The standard InChI is InChI=1S/C20H15FN6S/c1-28-20-23-9-7-17(26-20)16-12-24-19(25-15-6-3-8-22-11-15)27-18(16)13-4-2-5-14(21)10-13/h2-12H,1H3,(H,24,25,27). The summed E-state index contributed by atoms with van der Waals surface area (Å²) in [7, 11) is 0. The van der Waals surface area contributed by atoms with Crippen molar-refractivity contribution in [1.82, 2.24) is 24.9 Å². The summed E-state index contributed by atoms with van der Waals surface area (Å²) in [6.45, 7) is 0. The van der Waals surface area contributed by atoms with Crippen molar-refractivity contribution >= 4 is 23.4 Å². The monoisotopic (exact) mass is 390 g/mol. The Hall–Kier alpha value is -3.39. The number of hydrogen-bond acceptors (Lipinski definition) is 7. The first-order valence-electron chi connectivity index (χ1n) is 8.40. The van der Waals surface area contributed by atoms with Crippen molar-refractivity contribution in [1.29, 1.82) is 0 Å². The molecule has 0 amide bonds. The molecule has 3 aromatic heterocycles. The molecule has 0 spiro atoms. The number of rotatable bonds is 5. The van der Waals surface area contributed by atoms with Crippen molar-refractivity contribution < 1.29 is 4.39 Å². The average molecular weight is 390 g/mol. The first kappa shape index (κ1) is 18.0. The molecule has 0 aliphatic carbocycles. The fourth-order valence-electron chi connectivity index (χ4n) is 2.64. The summed E-state index contributed by atoms with van der Waals surface area (Å²) in [4.78, 5) is 21.8. The Morgan fingerprint density at radius 2 is 1.89 bits per heavy atom. The van der Waals surface area contributed by atoms with Gasteiger partial charge in [0.1, 0.15) is 5.82 Å². The fraction of sp³-hybridized carbons (Fsp3) is 0.0500. The lowest BCUT2D eigenvalue weighted by atomic mass is 10.0. The topological polar surface area (TPSA) is 76.5 Å². The van der Waals surface area contributed by atoms with Gasteiger partial charge in [0.25, 0.3) is 0 Å². The third-order valence-corrected chi connectivity index (χ3v) is 4.46. The first-order valence-corrected chi connectivity index (χ1v) is 9.63. The zero-order valence-electron chi connectivity index (χ0n) is 14.9. The van der Waals surface area contributed by atoms with Gasteiger partial charge in [0.05, 0.1) is 23.3 Å². The molecular weight excluding hydrogens is 375 g/mol. The van der Waals surface area contributed by atoms with E-state index in [4.69, 9.17) is 0 Å². The summed E-state index contributed by atoms with van der Waals surface area (Å²) in [5.74, 6) is 0.0477. The highest BCUT2D eigenvalue weighted by Gasteiger charge is 2.14. The molecule has 1 N–H and O–H groups in total. The highest BCUT2D eigenvalue weighted by Crippen LogP contribution is 2.31. The molecule has 0 radical (unpaired) electrons. The molecule has 0 aliphatic heterocycles. The number of nitrogens with zero attached hydrogens (tertiary/aromatic N) is 5. The van der Waals surface area contributed by atoms with E-state index in [1.807, 2.05) is 18.4 Å². The van der Waals surface area contributed by atoms with Crippen LogP contribution in [0.4, 0.5) is 16.0 Å². The first-order chi connectivity index (χ1) is 13.7. The Morgan fingerprint density at radius 3 is 2.68 bits per heavy atom. The lowest BCUT2D eigenvalue weighted by molar-refractivity contribution is 0.628. The predicted molar refractivity (Wildman–Crippen MR) is 108 cm³/mol. The minimum Gasteiger partial charge on any atom is -0.323 e. The van der Waals surface area contributed by atoms with Crippen molar-refractivity contribution in [3.63, 3.8) is 0 Å². The largest absolute Gasteiger partial charge is 0.323 e. The number of aromatic nitrogens is 5. The van der Waals surface area contributed by atoms with Crippen LogP contribution in [-0.2, 0) is 0 Å². The molecule has 0 bridgehead atoms. The SMILES string of the molecule is CSc1nccc(-c2cnc(Nc3cccnc3)nc2-c2cccc(F)c2)n1. The Balaban J connectivity index is 1.83. The molecule has 0 unspecified atom stereocenters. The summed E-state index contributed by atoms with van der Waals surface area (Å²) in [6, 6.07) is 11.8. The van der Waals surface area contributed by atoms with E-state index in [0.29, 0.717) is 33.6 Å². The lowest BCUT2D eigenvalue weighted by Crippen LogP contribution is -2.01. The molecule has 0 saturated heterocycles. The van der Waals surface area contributed by atoms with E-state index in [-0.39, 0.29) is 5.82 Å². The van der Waals surface area contributed by atoms with Crippen molar-refractivity contribution in [2.75, 3.05) is 11.6 Å². The van der Waals surface area contributed by atoms with Crippen molar-refractivity contribution in [3.8, 4) is 22.5 Å². The summed E-state index contributed by atoms with van der Waals surface area (Å²) in [5.41, 5.74) is 3.33. The Morgan fingerprint density at radius 1 is 0.964 bits per heavy atom. The molecule has 0 saturated carbocycles. The maximum absolute atomic E-state index is 13.9. The smallest absolute Gasteiger partial charge is 0.227 e. The van der Waals surface area contributed by atoms with E-state index in [2.05, 4.69) is 30.2 Å². The third kappa shape index (κ3) is 3.96. The van der Waals surface area contributed by atoms with E-state index in [1.54, 1.807) is 43.0 Å². The molecule has 6 nitrogen and oxygen atoms in total. The zero-order chi connectivity index (χ0) is 19.3. The molecule has 138 valence electrons. The number of hydrogen-bond donors (Lipinski definition) is 1. The van der Waals surface area contributed by atoms with Gasteiger partial charge in [-0.25, -0.2) is 24.3 Å². The van der Waals surface area contributed by atoms with Gasteiger partial charge in [-0.05, 0) is 36.6 Å². The van der Waals surface area contributed by atoms with Crippen molar-refractivity contribution in [2.45, 2.75) is 5.16 Å². The highest BCUT2D eigenvalue weighted by molar-refractivity contribution is 7.98. The van der Waals surface area contributed by atoms with Crippen LogP contribution in [0.2, 0.25) is 0 Å². The molecule has 0 aliphatic rings. The Bertz CT molecular complexity index is 1110. The van der Waals surface area contributed by atoms with Crippen molar-refractivity contribution in [2.24, 2.45) is 0 Å². The fourth-order valence-corrected chi connectivity index (χ4v) is 3.00. The maximum Gasteiger partial charge on any atom is 0.227 e. The summed E-state index contributed by atoms with van der Waals surface area (Å²) >= 11 is 1.44. The van der Waals surface area contributed by atoms with Crippen LogP contribution < -0.4 is 5.32 Å². The van der Waals surface area contributed by atoms with Gasteiger partial charge in [0.2, 0.25) is 5.95 Å². The van der Waals surface area contributed by atoms with Gasteiger partial charge in [-0.1, -0.05) is 23.9 Å². The Labute approximate surface area is 165 Å². The zero-order valence-corrected chi connectivity index (χ0v) is 15.7. The van der Waals surface area contributed by atoms with Crippen LogP contribution in [0, 0.1) is 5.82 Å². The molecule has 4 aromatic rings. The molecule has 1 aromatic carbocycles. The number of anilines is 2. The molecule has 0 fully saturated rings. The number of nitrogens with one attached hydrogen (secondary N) is 1. The lowest BCUT2D eigenvalue weighted by Gasteiger charge is -2.12. The van der Waals surface area contributed by atoms with Gasteiger partial charge in [0, 0.05) is 29.7 Å². The second-order valence-electron chi connectivity index (χ2n) is 5.76. The normalized spacial score (nSPS) is 10.6. The van der Waals surface area contributed by atoms with E-state index < -0.39 is 0 Å². The van der Waals surface area contributed by atoms with Gasteiger partial charge in [-0.15, -0.1) is 0 Å². The molecule has 8 heteroatoms. The van der Waals surface area contributed by atoms with Gasteiger partial charge >= 0.3 is 0 Å². The van der Waals surface area contributed by atoms with E-state index >= 15 is 0 Å². The summed E-state index contributed by atoms with van der Waals surface area (Å²) in [5, 5.41) is 3.75. The van der Waals surface area contributed by atoms with Gasteiger partial charge in [-0.2, -0.15) is 0 Å². The quantitative estimate of drug-likeness (QED) is 0.394. The van der Waals surface area contributed by atoms with Crippen LogP contribution in [0.15, 0.2) is 72.4 Å². The second kappa shape index (κ2) is 8.10. The number of pyridine rings is 1. The number of benzene rings is 1. The van der Waals surface area contributed by atoms with Crippen LogP contribution in [0.3, 0.4) is 0 Å². The summed E-state index contributed by atoms with van der Waals surface area (Å²) < 4.78 is 13.9. The third-order valence-electron chi connectivity index (χ3n) is 3.90. The second-order valence-corrected chi connectivity index (χ2v) is 6.53. The summed E-state index contributed by atoms with van der Waals surface area (Å²) in [6.07, 6.45) is 8.63. The van der Waals surface area contributed by atoms with E-state index in [9.17, 15) is 4.39 Å². The van der Waals surface area contributed by atoms with Gasteiger partial charge in [0.15, 0.2) is 5.16 Å². The molecule has 4 rings (SSSR count). The van der Waals surface area contributed by atoms with E-state index in [0.717, 1.165) is 5.69 Å². The van der Waals surface area contributed by atoms with Crippen LogP contribution in [0.5, 0.6) is 0 Å². The van der Waals surface area contributed by atoms with Crippen LogP contribution in [0.25, 0.3) is 22.5 Å². The van der Waals surface area contributed by atoms with Crippen LogP contribution >= 0.6 is 11.8 Å². The Kier molecular flexibility index (Phi) is 5.20. The number of thioether (sulfide) groups is 1. The minimum atomic E-state index is -0.337. The number of halogens is 1. The predicted octanol–water partition coefficient (Wildman–Crippen LogP) is 4.60. The molecule has 28 heavy (non-hydrogen) atoms. The molecule has 3 heterocycles. The highest BCUT2D eigenvalue weighted by atomic mass is 32.2. The van der Waals surface area contributed by atoms with E-state index in [1.165, 1.54) is 23.9 Å². The maximum atomic E-state index is 13.9. The minimum absolute atomic E-state index is 0.337. The van der Waals surface area contributed by atoms with Crippen molar-refractivity contribution in [3.05, 3.63) is 73.1 Å². The van der Waals surface area contributed by atoms with Crippen LogP contribution in [-0.4, -0.2) is 31.2 Å². The average Bonchev–Trinajstić information content (AvgIpc) is 2.74. The molecular formula is C20H15FN6S.